The van der Waals surface area contributed by atoms with Gasteiger partial charge >= 0.3 is 0 Å². The van der Waals surface area contributed by atoms with E-state index in [-0.39, 0.29) is 5.92 Å². The lowest BCUT2D eigenvalue weighted by Crippen LogP contribution is -2.36. The normalized spacial score (nSPS) is 38.4. The van der Waals surface area contributed by atoms with Crippen LogP contribution in [0.25, 0.3) is 0 Å². The molecule has 1 saturated heterocycles. The molecule has 18 heavy (non-hydrogen) atoms. The lowest BCUT2D eigenvalue weighted by Gasteiger charge is -2.36. The van der Waals surface area contributed by atoms with Crippen molar-refractivity contribution in [2.45, 2.75) is 45.6 Å². The van der Waals surface area contributed by atoms with Gasteiger partial charge in [-0.15, -0.1) is 0 Å². The van der Waals surface area contributed by atoms with Crippen LogP contribution in [0, 0.1) is 17.8 Å². The maximum atomic E-state index is 12.2. The highest BCUT2D eigenvalue weighted by atomic mass is 16.1. The van der Waals surface area contributed by atoms with Gasteiger partial charge in [0.15, 0.2) is 0 Å². The molecule has 0 bridgehead atoms. The summed E-state index contributed by atoms with van der Waals surface area (Å²) in [6.07, 6.45) is 10.9. The Morgan fingerprint density at radius 2 is 2.28 bits per heavy atom. The molecule has 0 amide bonds. The Kier molecular flexibility index (Phi) is 3.04. The quantitative estimate of drug-likeness (QED) is 0.697. The summed E-state index contributed by atoms with van der Waals surface area (Å²) in [4.78, 5) is 14.8. The summed E-state index contributed by atoms with van der Waals surface area (Å²) in [6.45, 7) is 5.69. The molecule has 1 fully saturated rings. The first kappa shape index (κ1) is 12.0. The largest absolute Gasteiger partial charge is 0.372 e. The Bertz CT molecular complexity index is 409. The van der Waals surface area contributed by atoms with E-state index in [1.165, 1.54) is 18.5 Å². The maximum Gasteiger partial charge on any atom is 0.140 e. The number of likely N-dealkylation sites (tertiary alicyclic amines) is 1. The van der Waals surface area contributed by atoms with Gasteiger partial charge in [0.05, 0.1) is 0 Å². The van der Waals surface area contributed by atoms with Crippen LogP contribution in [-0.4, -0.2) is 23.3 Å². The third kappa shape index (κ3) is 1.73. The van der Waals surface area contributed by atoms with Crippen molar-refractivity contribution in [1.82, 2.24) is 4.90 Å². The average Bonchev–Trinajstić information content (AvgIpc) is 2.67. The number of carbonyl (C=O) groups excluding carboxylic acids is 1. The van der Waals surface area contributed by atoms with E-state index in [0.29, 0.717) is 30.1 Å². The molecule has 4 atom stereocenters. The lowest BCUT2D eigenvalue weighted by molar-refractivity contribution is -0.125. The minimum Gasteiger partial charge on any atom is -0.372 e. The first-order chi connectivity index (χ1) is 8.72. The average molecular weight is 245 g/mol. The second kappa shape index (κ2) is 4.56. The van der Waals surface area contributed by atoms with Gasteiger partial charge in [-0.05, 0) is 32.1 Å². The second-order valence-electron chi connectivity index (χ2n) is 6.04. The number of fused-ring (bicyclic) bond motifs is 3. The van der Waals surface area contributed by atoms with E-state index in [4.69, 9.17) is 0 Å². The van der Waals surface area contributed by atoms with Gasteiger partial charge in [0, 0.05) is 36.5 Å². The fourth-order valence-electron chi connectivity index (χ4n) is 4.13. The molecule has 0 N–H and O–H groups in total. The van der Waals surface area contributed by atoms with E-state index in [0.717, 1.165) is 13.0 Å². The van der Waals surface area contributed by atoms with Crippen LogP contribution in [0.1, 0.15) is 39.5 Å². The summed E-state index contributed by atoms with van der Waals surface area (Å²) in [5.41, 5.74) is 1.48. The van der Waals surface area contributed by atoms with Gasteiger partial charge in [-0.2, -0.15) is 0 Å². The van der Waals surface area contributed by atoms with Crippen molar-refractivity contribution in [3.05, 3.63) is 23.9 Å². The Morgan fingerprint density at radius 1 is 1.44 bits per heavy atom. The summed E-state index contributed by atoms with van der Waals surface area (Å²) >= 11 is 0. The van der Waals surface area contributed by atoms with Crippen LogP contribution < -0.4 is 0 Å². The predicted molar refractivity (Wildman–Crippen MR) is 73.0 cm³/mol. The third-order valence-corrected chi connectivity index (χ3v) is 4.87. The Morgan fingerprint density at radius 3 is 3.06 bits per heavy atom. The van der Waals surface area contributed by atoms with Crippen LogP contribution in [0.3, 0.4) is 0 Å². The molecule has 0 radical (unpaired) electrons. The van der Waals surface area contributed by atoms with Crippen molar-refractivity contribution < 1.29 is 4.79 Å². The van der Waals surface area contributed by atoms with Crippen LogP contribution in [0.5, 0.6) is 0 Å². The highest BCUT2D eigenvalue weighted by molar-refractivity contribution is 5.85. The van der Waals surface area contributed by atoms with Crippen LogP contribution in [-0.2, 0) is 4.79 Å². The molecule has 1 heterocycles. The highest BCUT2D eigenvalue weighted by Gasteiger charge is 2.45. The smallest absolute Gasteiger partial charge is 0.140 e. The summed E-state index contributed by atoms with van der Waals surface area (Å²) in [7, 11) is 0. The van der Waals surface area contributed by atoms with E-state index in [1.807, 2.05) is 0 Å². The summed E-state index contributed by atoms with van der Waals surface area (Å²) in [5.74, 6) is 1.74. The monoisotopic (exact) mass is 245 g/mol. The maximum absolute atomic E-state index is 12.2. The molecule has 2 aliphatic carbocycles. The zero-order valence-corrected chi connectivity index (χ0v) is 11.4. The molecule has 3 rings (SSSR count). The molecular formula is C16H23NO. The fraction of sp³-hybridized carbons (Fsp3) is 0.688. The van der Waals surface area contributed by atoms with Crippen molar-refractivity contribution in [3.8, 4) is 0 Å². The number of hydrogen-bond acceptors (Lipinski definition) is 2. The van der Waals surface area contributed by atoms with Gasteiger partial charge in [-0.3, -0.25) is 4.79 Å². The van der Waals surface area contributed by atoms with E-state index in [9.17, 15) is 4.79 Å². The standard InChI is InChI=1S/C16H23NO/c1-3-9-17-11(2)10-13-14(17)8-7-12-5-4-6-15(18)16(12)13/h4-5,8,11-13,16H,3,6-7,9-10H2,1-2H3. The van der Waals surface area contributed by atoms with Crippen molar-refractivity contribution in [1.29, 1.82) is 0 Å². The Hall–Kier alpha value is -1.05. The van der Waals surface area contributed by atoms with Crippen LogP contribution in [0.2, 0.25) is 0 Å². The Labute approximate surface area is 110 Å². The highest BCUT2D eigenvalue weighted by Crippen LogP contribution is 2.47. The van der Waals surface area contributed by atoms with Crippen LogP contribution in [0.15, 0.2) is 23.9 Å². The van der Waals surface area contributed by atoms with E-state index in [2.05, 4.69) is 37.0 Å². The van der Waals surface area contributed by atoms with Gasteiger partial charge in [-0.1, -0.05) is 25.2 Å². The number of rotatable bonds is 2. The summed E-state index contributed by atoms with van der Waals surface area (Å²) in [5, 5.41) is 0. The number of carbonyl (C=O) groups is 1. The van der Waals surface area contributed by atoms with Crippen molar-refractivity contribution in [2.75, 3.05) is 6.54 Å². The predicted octanol–water partition coefficient (Wildman–Crippen LogP) is 3.16. The van der Waals surface area contributed by atoms with E-state index in [1.54, 1.807) is 0 Å². The summed E-state index contributed by atoms with van der Waals surface area (Å²) < 4.78 is 0. The third-order valence-electron chi connectivity index (χ3n) is 4.87. The summed E-state index contributed by atoms with van der Waals surface area (Å²) in [6, 6.07) is 0.610. The van der Waals surface area contributed by atoms with Gasteiger partial charge in [0.25, 0.3) is 0 Å². The lowest BCUT2D eigenvalue weighted by atomic mass is 9.69. The molecule has 0 spiro atoms. The molecule has 0 aromatic rings. The molecule has 0 saturated carbocycles. The molecule has 0 aromatic carbocycles. The molecule has 98 valence electrons. The second-order valence-corrected chi connectivity index (χ2v) is 6.04. The van der Waals surface area contributed by atoms with E-state index < -0.39 is 0 Å². The Balaban J connectivity index is 1.90. The molecule has 0 aromatic heterocycles. The molecular weight excluding hydrogens is 222 g/mol. The first-order valence-electron chi connectivity index (χ1n) is 7.38. The van der Waals surface area contributed by atoms with Crippen molar-refractivity contribution in [2.24, 2.45) is 17.8 Å². The molecule has 2 nitrogen and oxygen atoms in total. The molecule has 2 heteroatoms. The SMILES string of the molecule is CCCN1C2=CCC3C=CCC(=O)C3C2CC1C. The number of Topliss-reactive ketones (excluding diaryl/α,β-unsaturated/α-hetero) is 1. The minimum absolute atomic E-state index is 0.277. The number of ketones is 1. The van der Waals surface area contributed by atoms with Crippen molar-refractivity contribution in [3.63, 3.8) is 0 Å². The zero-order chi connectivity index (χ0) is 12.7. The molecule has 4 unspecified atom stereocenters. The number of allylic oxidation sites excluding steroid dienone is 4. The van der Waals surface area contributed by atoms with Crippen LogP contribution >= 0.6 is 0 Å². The van der Waals surface area contributed by atoms with Gasteiger partial charge in [0.2, 0.25) is 0 Å². The van der Waals surface area contributed by atoms with Gasteiger partial charge in [0.1, 0.15) is 5.78 Å². The number of hydrogen-bond donors (Lipinski definition) is 0. The minimum atomic E-state index is 0.277. The van der Waals surface area contributed by atoms with Gasteiger partial charge in [-0.25, -0.2) is 0 Å². The number of nitrogens with zero attached hydrogens (tertiary/aromatic N) is 1. The fourth-order valence-corrected chi connectivity index (χ4v) is 4.13. The topological polar surface area (TPSA) is 20.3 Å². The van der Waals surface area contributed by atoms with Gasteiger partial charge < -0.3 is 4.90 Å². The van der Waals surface area contributed by atoms with Crippen molar-refractivity contribution >= 4 is 5.78 Å². The first-order valence-corrected chi connectivity index (χ1v) is 7.38. The van der Waals surface area contributed by atoms with E-state index >= 15 is 0 Å². The van der Waals surface area contributed by atoms with Crippen LogP contribution in [0.4, 0.5) is 0 Å². The zero-order valence-electron chi connectivity index (χ0n) is 11.4. The molecule has 3 aliphatic rings. The molecule has 1 aliphatic heterocycles.